The van der Waals surface area contributed by atoms with Crippen molar-refractivity contribution in [3.05, 3.63) is 15.6 Å². The molecule has 2 N–H and O–H groups in total. The normalized spacial score (nSPS) is 14.1. The summed E-state index contributed by atoms with van der Waals surface area (Å²) in [6, 6.07) is -0.102. The first-order valence-electron chi connectivity index (χ1n) is 6.92. The lowest BCUT2D eigenvalue weighted by Crippen LogP contribution is -2.43. The molecule has 0 bridgehead atoms. The van der Waals surface area contributed by atoms with Crippen LogP contribution in [0.15, 0.2) is 0 Å². The van der Waals surface area contributed by atoms with Crippen LogP contribution in [-0.2, 0) is 9.53 Å². The van der Waals surface area contributed by atoms with Gasteiger partial charge in [-0.05, 0) is 34.1 Å². The number of nitrogens with zero attached hydrogens (tertiary/aromatic N) is 1. The zero-order chi connectivity index (χ0) is 15.1. The number of nitrogens with one attached hydrogen (secondary N) is 2. The van der Waals surface area contributed by atoms with Crippen molar-refractivity contribution in [3.63, 3.8) is 0 Å². The molecule has 0 radical (unpaired) electrons. The minimum atomic E-state index is -0.227. The quantitative estimate of drug-likeness (QED) is 0.720. The number of carbonyl (C=O) groups excluding carboxylic acids is 1. The highest BCUT2D eigenvalue weighted by Gasteiger charge is 2.18. The van der Waals surface area contributed by atoms with Gasteiger partial charge in [0.05, 0.1) is 16.7 Å². The molecule has 0 fully saturated rings. The number of ether oxygens (including phenoxy) is 1. The third kappa shape index (κ3) is 5.19. The Hall–Kier alpha value is -0.980. The number of rotatable bonds is 8. The Bertz CT molecular complexity index is 434. The first-order chi connectivity index (χ1) is 9.45. The van der Waals surface area contributed by atoms with Gasteiger partial charge in [-0.25, -0.2) is 4.98 Å². The predicted octanol–water partition coefficient (Wildman–Crippen LogP) is 1.95. The molecule has 1 amide bonds. The number of amides is 1. The smallest absolute Gasteiger partial charge is 0.236 e. The molecule has 2 atom stereocenters. The van der Waals surface area contributed by atoms with Crippen molar-refractivity contribution in [2.45, 2.75) is 46.2 Å². The van der Waals surface area contributed by atoms with E-state index in [0.29, 0.717) is 13.2 Å². The van der Waals surface area contributed by atoms with Gasteiger partial charge in [-0.3, -0.25) is 10.1 Å². The minimum absolute atomic E-state index is 0.0202. The van der Waals surface area contributed by atoms with Crippen molar-refractivity contribution >= 4 is 17.2 Å². The molecule has 114 valence electrons. The van der Waals surface area contributed by atoms with E-state index < -0.39 is 0 Å². The van der Waals surface area contributed by atoms with E-state index in [1.807, 2.05) is 20.8 Å². The van der Waals surface area contributed by atoms with Crippen LogP contribution in [0.1, 0.15) is 41.9 Å². The molecular weight excluding hydrogens is 274 g/mol. The average Bonchev–Trinajstić information content (AvgIpc) is 2.73. The minimum Gasteiger partial charge on any atom is -0.385 e. The summed E-state index contributed by atoms with van der Waals surface area (Å²) >= 11 is 1.68. The van der Waals surface area contributed by atoms with E-state index in [2.05, 4.69) is 22.5 Å². The van der Waals surface area contributed by atoms with Gasteiger partial charge in [-0.2, -0.15) is 0 Å². The van der Waals surface area contributed by atoms with Gasteiger partial charge < -0.3 is 10.1 Å². The molecule has 1 rings (SSSR count). The second-order valence-corrected chi connectivity index (χ2v) is 6.16. The Morgan fingerprint density at radius 3 is 2.65 bits per heavy atom. The zero-order valence-corrected chi connectivity index (χ0v) is 13.8. The summed E-state index contributed by atoms with van der Waals surface area (Å²) in [6.07, 6.45) is 0.831. The molecule has 6 heteroatoms. The van der Waals surface area contributed by atoms with Crippen LogP contribution in [0.2, 0.25) is 0 Å². The highest BCUT2D eigenvalue weighted by molar-refractivity contribution is 7.11. The fraction of sp³-hybridized carbons (Fsp3) is 0.714. The Balaban J connectivity index is 2.42. The highest BCUT2D eigenvalue weighted by atomic mass is 32.1. The van der Waals surface area contributed by atoms with E-state index in [1.54, 1.807) is 18.4 Å². The summed E-state index contributed by atoms with van der Waals surface area (Å²) in [6.45, 7) is 9.26. The number of thiazole rings is 1. The molecule has 0 saturated carbocycles. The van der Waals surface area contributed by atoms with Crippen LogP contribution in [0, 0.1) is 13.8 Å². The third-order valence-corrected chi connectivity index (χ3v) is 4.31. The Morgan fingerprint density at radius 1 is 1.40 bits per heavy atom. The molecule has 2 unspecified atom stereocenters. The van der Waals surface area contributed by atoms with Gasteiger partial charge in [0.2, 0.25) is 5.91 Å². The Kier molecular flexibility index (Phi) is 7.12. The molecule has 0 aliphatic carbocycles. The van der Waals surface area contributed by atoms with Gasteiger partial charge in [0.1, 0.15) is 0 Å². The van der Waals surface area contributed by atoms with Gasteiger partial charge >= 0.3 is 0 Å². The number of aryl methyl sites for hydroxylation is 2. The van der Waals surface area contributed by atoms with Crippen LogP contribution in [0.25, 0.3) is 0 Å². The van der Waals surface area contributed by atoms with Crippen LogP contribution in [0.4, 0.5) is 0 Å². The molecule has 1 aromatic rings. The first kappa shape index (κ1) is 17.1. The molecule has 0 spiro atoms. The van der Waals surface area contributed by atoms with Gasteiger partial charge in [-0.15, -0.1) is 11.3 Å². The Morgan fingerprint density at radius 2 is 2.10 bits per heavy atom. The molecule has 1 heterocycles. The lowest BCUT2D eigenvalue weighted by Gasteiger charge is -2.19. The number of carbonyl (C=O) groups is 1. The maximum atomic E-state index is 11.9. The number of hydrogen-bond acceptors (Lipinski definition) is 5. The second kappa shape index (κ2) is 8.34. The summed E-state index contributed by atoms with van der Waals surface area (Å²) < 4.78 is 4.95. The molecule has 20 heavy (non-hydrogen) atoms. The van der Waals surface area contributed by atoms with E-state index in [1.165, 1.54) is 4.88 Å². The van der Waals surface area contributed by atoms with E-state index in [-0.39, 0.29) is 18.0 Å². The van der Waals surface area contributed by atoms with Crippen molar-refractivity contribution < 1.29 is 9.53 Å². The summed E-state index contributed by atoms with van der Waals surface area (Å²) in [5.41, 5.74) is 1.04. The van der Waals surface area contributed by atoms with E-state index in [4.69, 9.17) is 4.74 Å². The van der Waals surface area contributed by atoms with E-state index in [0.717, 1.165) is 17.1 Å². The molecule has 0 saturated heterocycles. The second-order valence-electron chi connectivity index (χ2n) is 4.93. The SMILES string of the molecule is COCCCNC(=O)C(C)NC(C)c1sc(C)nc1C. The molecule has 1 aromatic heterocycles. The summed E-state index contributed by atoms with van der Waals surface area (Å²) in [4.78, 5) is 17.6. The Labute approximate surface area is 125 Å². The topological polar surface area (TPSA) is 63.2 Å². The largest absolute Gasteiger partial charge is 0.385 e. The molecule has 0 aliphatic rings. The standard InChI is InChI=1S/C14H25N3O2S/c1-9(13-10(2)17-12(4)20-13)16-11(3)14(18)15-7-6-8-19-5/h9,11,16H,6-8H2,1-5H3,(H,15,18). The zero-order valence-electron chi connectivity index (χ0n) is 12.9. The van der Waals surface area contributed by atoms with Crippen LogP contribution in [0.3, 0.4) is 0 Å². The maximum absolute atomic E-state index is 11.9. The van der Waals surface area contributed by atoms with Crippen molar-refractivity contribution in [2.75, 3.05) is 20.3 Å². The molecule has 0 aliphatic heterocycles. The molecule has 0 aromatic carbocycles. The lowest BCUT2D eigenvalue weighted by molar-refractivity contribution is -0.122. The van der Waals surface area contributed by atoms with Crippen molar-refractivity contribution in [2.24, 2.45) is 0 Å². The summed E-state index contributed by atoms with van der Waals surface area (Å²) in [5.74, 6) is 0.0202. The van der Waals surface area contributed by atoms with Crippen molar-refractivity contribution in [1.29, 1.82) is 0 Å². The molecule has 5 nitrogen and oxygen atoms in total. The van der Waals surface area contributed by atoms with Gasteiger partial charge in [0.15, 0.2) is 0 Å². The van der Waals surface area contributed by atoms with Crippen LogP contribution < -0.4 is 10.6 Å². The maximum Gasteiger partial charge on any atom is 0.236 e. The predicted molar refractivity (Wildman–Crippen MR) is 82.1 cm³/mol. The van der Waals surface area contributed by atoms with Gasteiger partial charge in [0.25, 0.3) is 0 Å². The van der Waals surface area contributed by atoms with Crippen LogP contribution in [-0.4, -0.2) is 37.2 Å². The number of hydrogen-bond donors (Lipinski definition) is 2. The fourth-order valence-electron chi connectivity index (χ4n) is 2.06. The highest BCUT2D eigenvalue weighted by Crippen LogP contribution is 2.24. The third-order valence-electron chi connectivity index (χ3n) is 3.05. The van der Waals surface area contributed by atoms with E-state index in [9.17, 15) is 4.79 Å². The summed E-state index contributed by atoms with van der Waals surface area (Å²) in [7, 11) is 1.66. The van der Waals surface area contributed by atoms with Gasteiger partial charge in [-0.1, -0.05) is 0 Å². The first-order valence-corrected chi connectivity index (χ1v) is 7.74. The fourth-order valence-corrected chi connectivity index (χ4v) is 3.00. The molecular formula is C14H25N3O2S. The number of aromatic nitrogens is 1. The van der Waals surface area contributed by atoms with Crippen molar-refractivity contribution in [1.82, 2.24) is 15.6 Å². The number of methoxy groups -OCH3 is 1. The lowest BCUT2D eigenvalue weighted by atomic mass is 10.2. The monoisotopic (exact) mass is 299 g/mol. The summed E-state index contributed by atoms with van der Waals surface area (Å²) in [5, 5.41) is 7.28. The van der Waals surface area contributed by atoms with E-state index >= 15 is 0 Å². The van der Waals surface area contributed by atoms with Crippen LogP contribution in [0.5, 0.6) is 0 Å². The van der Waals surface area contributed by atoms with Gasteiger partial charge in [0, 0.05) is 31.2 Å². The van der Waals surface area contributed by atoms with Crippen LogP contribution >= 0.6 is 11.3 Å². The van der Waals surface area contributed by atoms with Crippen molar-refractivity contribution in [3.8, 4) is 0 Å². The average molecular weight is 299 g/mol.